The number of likely N-dealkylation sites (tertiary alicyclic amines) is 1. The number of piperidine rings is 1. The largest absolute Gasteiger partial charge is 0.315 e. The van der Waals surface area contributed by atoms with E-state index in [9.17, 15) is 0 Å². The first kappa shape index (κ1) is 11.4. The van der Waals surface area contributed by atoms with Crippen molar-refractivity contribution in [2.24, 2.45) is 11.8 Å². The molecule has 2 fully saturated rings. The summed E-state index contributed by atoms with van der Waals surface area (Å²) in [6, 6.07) is 1.55. The molecule has 1 N–H and O–H groups in total. The molecule has 0 spiro atoms. The van der Waals surface area contributed by atoms with Gasteiger partial charge in [0.25, 0.3) is 0 Å². The molecule has 1 heterocycles. The SMILES string of the molecule is CNC(CN1CCC(C)CC1C)C1CC1. The Labute approximate surface area is 94.4 Å². The van der Waals surface area contributed by atoms with Gasteiger partial charge in [-0.15, -0.1) is 0 Å². The van der Waals surface area contributed by atoms with E-state index >= 15 is 0 Å². The highest BCUT2D eigenvalue weighted by atomic mass is 15.2. The highest BCUT2D eigenvalue weighted by Gasteiger charge is 2.33. The first-order chi connectivity index (χ1) is 7.20. The molecule has 0 amide bonds. The van der Waals surface area contributed by atoms with Gasteiger partial charge in [-0.25, -0.2) is 0 Å². The van der Waals surface area contributed by atoms with Crippen molar-refractivity contribution in [3.8, 4) is 0 Å². The molecule has 88 valence electrons. The van der Waals surface area contributed by atoms with Crippen LogP contribution in [0.5, 0.6) is 0 Å². The average Bonchev–Trinajstić information content (AvgIpc) is 3.00. The van der Waals surface area contributed by atoms with Gasteiger partial charge in [-0.05, 0) is 58.0 Å². The second-order valence-corrected chi connectivity index (χ2v) is 5.71. The van der Waals surface area contributed by atoms with Gasteiger partial charge in [0.05, 0.1) is 0 Å². The van der Waals surface area contributed by atoms with Gasteiger partial charge in [0.1, 0.15) is 0 Å². The zero-order chi connectivity index (χ0) is 10.8. The molecule has 0 aromatic heterocycles. The first-order valence-corrected chi connectivity index (χ1v) is 6.62. The molecule has 2 heteroatoms. The van der Waals surface area contributed by atoms with E-state index in [1.165, 1.54) is 38.8 Å². The Morgan fingerprint density at radius 1 is 1.27 bits per heavy atom. The minimum atomic E-state index is 0.751. The van der Waals surface area contributed by atoms with Crippen molar-refractivity contribution in [3.63, 3.8) is 0 Å². The average molecular weight is 210 g/mol. The van der Waals surface area contributed by atoms with Gasteiger partial charge >= 0.3 is 0 Å². The summed E-state index contributed by atoms with van der Waals surface area (Å²) in [5.41, 5.74) is 0. The van der Waals surface area contributed by atoms with Crippen LogP contribution in [0.1, 0.15) is 39.5 Å². The minimum absolute atomic E-state index is 0.751. The molecule has 3 atom stereocenters. The maximum atomic E-state index is 3.50. The summed E-state index contributed by atoms with van der Waals surface area (Å²) >= 11 is 0. The van der Waals surface area contributed by atoms with E-state index in [1.807, 2.05) is 0 Å². The quantitative estimate of drug-likeness (QED) is 0.764. The summed E-state index contributed by atoms with van der Waals surface area (Å²) < 4.78 is 0. The van der Waals surface area contributed by atoms with Crippen LogP contribution in [0.2, 0.25) is 0 Å². The Morgan fingerprint density at radius 3 is 2.53 bits per heavy atom. The fourth-order valence-electron chi connectivity index (χ4n) is 2.95. The number of nitrogens with one attached hydrogen (secondary N) is 1. The third kappa shape index (κ3) is 2.94. The molecule has 15 heavy (non-hydrogen) atoms. The van der Waals surface area contributed by atoms with Gasteiger partial charge in [0.15, 0.2) is 0 Å². The molecule has 0 aromatic carbocycles. The van der Waals surface area contributed by atoms with Crippen LogP contribution >= 0.6 is 0 Å². The lowest BCUT2D eigenvalue weighted by Crippen LogP contribution is -2.48. The zero-order valence-corrected chi connectivity index (χ0v) is 10.5. The van der Waals surface area contributed by atoms with Gasteiger partial charge in [0, 0.05) is 18.6 Å². The fourth-order valence-corrected chi connectivity index (χ4v) is 2.95. The van der Waals surface area contributed by atoms with Gasteiger partial charge in [-0.1, -0.05) is 6.92 Å². The topological polar surface area (TPSA) is 15.3 Å². The second-order valence-electron chi connectivity index (χ2n) is 5.71. The Balaban J connectivity index is 1.81. The summed E-state index contributed by atoms with van der Waals surface area (Å²) in [4.78, 5) is 2.69. The van der Waals surface area contributed by atoms with Crippen LogP contribution in [-0.2, 0) is 0 Å². The summed E-state index contributed by atoms with van der Waals surface area (Å²) in [5.74, 6) is 1.91. The van der Waals surface area contributed by atoms with Gasteiger partial charge in [0.2, 0.25) is 0 Å². The summed E-state index contributed by atoms with van der Waals surface area (Å²) in [6.45, 7) is 7.38. The lowest BCUT2D eigenvalue weighted by atomic mass is 9.93. The molecule has 1 aliphatic heterocycles. The van der Waals surface area contributed by atoms with Gasteiger partial charge < -0.3 is 5.32 Å². The van der Waals surface area contributed by atoms with E-state index in [-0.39, 0.29) is 0 Å². The number of hydrogen-bond donors (Lipinski definition) is 1. The summed E-state index contributed by atoms with van der Waals surface area (Å²) in [6.07, 6.45) is 5.68. The van der Waals surface area contributed by atoms with Crippen molar-refractivity contribution in [1.29, 1.82) is 0 Å². The van der Waals surface area contributed by atoms with Crippen molar-refractivity contribution >= 4 is 0 Å². The van der Waals surface area contributed by atoms with E-state index < -0.39 is 0 Å². The molecule has 0 bridgehead atoms. The van der Waals surface area contributed by atoms with Crippen LogP contribution < -0.4 is 5.32 Å². The monoisotopic (exact) mass is 210 g/mol. The lowest BCUT2D eigenvalue weighted by molar-refractivity contribution is 0.114. The van der Waals surface area contributed by atoms with Crippen molar-refractivity contribution in [2.75, 3.05) is 20.1 Å². The summed E-state index contributed by atoms with van der Waals surface area (Å²) in [5, 5.41) is 3.50. The van der Waals surface area contributed by atoms with Crippen LogP contribution in [0.25, 0.3) is 0 Å². The Morgan fingerprint density at radius 2 is 2.00 bits per heavy atom. The normalized spacial score (nSPS) is 35.4. The van der Waals surface area contributed by atoms with Crippen LogP contribution in [-0.4, -0.2) is 37.1 Å². The molecule has 0 aromatic rings. The number of likely N-dealkylation sites (N-methyl/N-ethyl adjacent to an activating group) is 1. The third-order valence-corrected chi connectivity index (χ3v) is 4.27. The van der Waals surface area contributed by atoms with E-state index in [1.54, 1.807) is 0 Å². The van der Waals surface area contributed by atoms with Crippen LogP contribution in [0.3, 0.4) is 0 Å². The Kier molecular flexibility index (Phi) is 3.68. The third-order valence-electron chi connectivity index (χ3n) is 4.27. The molecule has 1 aliphatic carbocycles. The van der Waals surface area contributed by atoms with E-state index in [0.717, 1.165) is 23.9 Å². The van der Waals surface area contributed by atoms with Crippen LogP contribution in [0, 0.1) is 11.8 Å². The maximum Gasteiger partial charge on any atom is 0.0220 e. The number of hydrogen-bond acceptors (Lipinski definition) is 2. The van der Waals surface area contributed by atoms with Gasteiger partial charge in [-0.3, -0.25) is 4.90 Å². The predicted octanol–water partition coefficient (Wildman–Crippen LogP) is 2.10. The standard InChI is InChI=1S/C13H26N2/c1-10-6-7-15(11(2)8-10)9-13(14-3)12-4-5-12/h10-14H,4-9H2,1-3H3. The fraction of sp³-hybridized carbons (Fsp3) is 1.00. The zero-order valence-electron chi connectivity index (χ0n) is 10.5. The van der Waals surface area contributed by atoms with Crippen LogP contribution in [0.4, 0.5) is 0 Å². The number of nitrogens with zero attached hydrogens (tertiary/aromatic N) is 1. The van der Waals surface area contributed by atoms with Crippen molar-refractivity contribution in [2.45, 2.75) is 51.6 Å². The Bertz CT molecular complexity index is 201. The highest BCUT2D eigenvalue weighted by molar-refractivity contribution is 4.89. The van der Waals surface area contributed by atoms with Crippen molar-refractivity contribution in [3.05, 3.63) is 0 Å². The molecule has 1 saturated heterocycles. The van der Waals surface area contributed by atoms with Gasteiger partial charge in [-0.2, -0.15) is 0 Å². The Hall–Kier alpha value is -0.0800. The first-order valence-electron chi connectivity index (χ1n) is 6.62. The van der Waals surface area contributed by atoms with E-state index in [2.05, 4.69) is 31.1 Å². The maximum absolute atomic E-state index is 3.50. The van der Waals surface area contributed by atoms with E-state index in [4.69, 9.17) is 0 Å². The second kappa shape index (κ2) is 4.84. The molecule has 2 nitrogen and oxygen atoms in total. The molecule has 2 aliphatic rings. The lowest BCUT2D eigenvalue weighted by Gasteiger charge is -2.38. The van der Waals surface area contributed by atoms with Crippen molar-refractivity contribution in [1.82, 2.24) is 10.2 Å². The molecule has 1 saturated carbocycles. The molecular formula is C13H26N2. The van der Waals surface area contributed by atoms with E-state index in [0.29, 0.717) is 0 Å². The molecular weight excluding hydrogens is 184 g/mol. The minimum Gasteiger partial charge on any atom is -0.315 e. The predicted molar refractivity (Wildman–Crippen MR) is 65.0 cm³/mol. The van der Waals surface area contributed by atoms with Crippen LogP contribution in [0.15, 0.2) is 0 Å². The van der Waals surface area contributed by atoms with Crippen molar-refractivity contribution < 1.29 is 0 Å². The number of rotatable bonds is 4. The molecule has 0 radical (unpaired) electrons. The smallest absolute Gasteiger partial charge is 0.0220 e. The highest BCUT2D eigenvalue weighted by Crippen LogP contribution is 2.33. The molecule has 2 rings (SSSR count). The molecule has 3 unspecified atom stereocenters. The summed E-state index contributed by atoms with van der Waals surface area (Å²) in [7, 11) is 2.13.